The monoisotopic (exact) mass is 245 g/mol. The molecule has 1 aliphatic carbocycles. The van der Waals surface area contributed by atoms with E-state index < -0.39 is 0 Å². The van der Waals surface area contributed by atoms with Gasteiger partial charge in [-0.15, -0.1) is 0 Å². The number of aryl methyl sites for hydroxylation is 1. The van der Waals surface area contributed by atoms with Crippen LogP contribution < -0.4 is 5.73 Å². The van der Waals surface area contributed by atoms with Gasteiger partial charge in [0.2, 0.25) is 0 Å². The highest BCUT2D eigenvalue weighted by Crippen LogP contribution is 2.46. The molecule has 0 radical (unpaired) electrons. The molecule has 1 saturated carbocycles. The number of hydrogen-bond donors (Lipinski definition) is 1. The average Bonchev–Trinajstić information content (AvgIpc) is 2.95. The van der Waals surface area contributed by atoms with E-state index in [0.717, 1.165) is 36.2 Å². The second-order valence-electron chi connectivity index (χ2n) is 4.89. The van der Waals surface area contributed by atoms with Crippen LogP contribution in [0.2, 0.25) is 0 Å². The van der Waals surface area contributed by atoms with Crippen LogP contribution in [0.1, 0.15) is 25.3 Å². The Hall–Kier alpha value is -1.68. The maximum absolute atomic E-state index is 13.4. The first-order chi connectivity index (χ1) is 8.64. The lowest BCUT2D eigenvalue weighted by atomic mass is 10.0. The van der Waals surface area contributed by atoms with Gasteiger partial charge in [0, 0.05) is 23.2 Å². The zero-order valence-corrected chi connectivity index (χ0v) is 10.4. The summed E-state index contributed by atoms with van der Waals surface area (Å²) in [6, 6.07) is 6.61. The lowest BCUT2D eigenvalue weighted by Gasteiger charge is -2.12. The van der Waals surface area contributed by atoms with Crippen LogP contribution >= 0.6 is 0 Å². The Morgan fingerprint density at radius 1 is 1.44 bits per heavy atom. The van der Waals surface area contributed by atoms with E-state index >= 15 is 0 Å². The summed E-state index contributed by atoms with van der Waals surface area (Å²) in [6.07, 6.45) is 3.78. The Bertz CT molecular complexity index is 584. The lowest BCUT2D eigenvalue weighted by molar-refractivity contribution is 0.626. The third-order valence-electron chi connectivity index (χ3n) is 3.56. The summed E-state index contributed by atoms with van der Waals surface area (Å²) in [7, 11) is 0. The van der Waals surface area contributed by atoms with Crippen LogP contribution in [0.3, 0.4) is 0 Å². The van der Waals surface area contributed by atoms with Crippen LogP contribution in [-0.2, 0) is 12.1 Å². The molecule has 3 rings (SSSR count). The maximum Gasteiger partial charge on any atom is 0.123 e. The lowest BCUT2D eigenvalue weighted by Crippen LogP contribution is -2.19. The van der Waals surface area contributed by atoms with Gasteiger partial charge in [0.25, 0.3) is 0 Å². The summed E-state index contributed by atoms with van der Waals surface area (Å²) < 4.78 is 15.3. The van der Waals surface area contributed by atoms with Gasteiger partial charge in [-0.2, -0.15) is 5.10 Å². The van der Waals surface area contributed by atoms with Crippen LogP contribution in [0.15, 0.2) is 30.5 Å². The topological polar surface area (TPSA) is 43.8 Å². The first-order valence-electron chi connectivity index (χ1n) is 6.25. The fourth-order valence-corrected chi connectivity index (χ4v) is 2.33. The summed E-state index contributed by atoms with van der Waals surface area (Å²) in [6.45, 7) is 2.78. The number of hydrogen-bond acceptors (Lipinski definition) is 2. The van der Waals surface area contributed by atoms with Gasteiger partial charge >= 0.3 is 0 Å². The normalized spacial score (nSPS) is 16.8. The highest BCUT2D eigenvalue weighted by molar-refractivity contribution is 5.65. The molecule has 0 unspecified atom stereocenters. The van der Waals surface area contributed by atoms with Crippen molar-refractivity contribution in [2.75, 3.05) is 0 Å². The third-order valence-corrected chi connectivity index (χ3v) is 3.56. The molecule has 0 amide bonds. The Labute approximate surface area is 105 Å². The quantitative estimate of drug-likeness (QED) is 0.903. The van der Waals surface area contributed by atoms with Gasteiger partial charge in [-0.1, -0.05) is 12.1 Å². The molecule has 0 atom stereocenters. The van der Waals surface area contributed by atoms with Crippen molar-refractivity contribution in [3.8, 4) is 11.3 Å². The predicted molar refractivity (Wildman–Crippen MR) is 68.4 cm³/mol. The Kier molecular flexibility index (Phi) is 2.48. The van der Waals surface area contributed by atoms with Crippen molar-refractivity contribution in [1.29, 1.82) is 0 Å². The van der Waals surface area contributed by atoms with Gasteiger partial charge in [0.05, 0.1) is 11.9 Å². The van der Waals surface area contributed by atoms with Crippen molar-refractivity contribution in [3.63, 3.8) is 0 Å². The molecule has 1 aromatic carbocycles. The zero-order chi connectivity index (χ0) is 12.8. The van der Waals surface area contributed by atoms with Gasteiger partial charge in [-0.3, -0.25) is 4.68 Å². The molecule has 3 nitrogen and oxygen atoms in total. The van der Waals surface area contributed by atoms with Gasteiger partial charge in [-0.25, -0.2) is 4.39 Å². The van der Waals surface area contributed by atoms with Crippen molar-refractivity contribution >= 4 is 0 Å². The van der Waals surface area contributed by atoms with E-state index in [9.17, 15) is 4.39 Å². The first kappa shape index (κ1) is 11.4. The number of rotatable bonds is 3. The predicted octanol–water partition coefficient (Wildman–Crippen LogP) is 2.66. The van der Waals surface area contributed by atoms with Crippen LogP contribution in [0.25, 0.3) is 11.3 Å². The third kappa shape index (κ3) is 1.73. The molecule has 1 aromatic heterocycles. The molecule has 1 fully saturated rings. The minimum Gasteiger partial charge on any atom is -0.321 e. The van der Waals surface area contributed by atoms with E-state index in [1.807, 2.05) is 23.9 Å². The maximum atomic E-state index is 13.4. The van der Waals surface area contributed by atoms with E-state index in [4.69, 9.17) is 5.73 Å². The fraction of sp³-hybridized carbons (Fsp3) is 0.357. The first-order valence-corrected chi connectivity index (χ1v) is 6.25. The van der Waals surface area contributed by atoms with Gasteiger partial charge in [0.15, 0.2) is 0 Å². The molecule has 0 spiro atoms. The van der Waals surface area contributed by atoms with E-state index in [1.165, 1.54) is 6.07 Å². The molecule has 2 aromatic rings. The molecule has 0 saturated heterocycles. The molecule has 4 heteroatoms. The molecule has 1 aliphatic rings. The SMILES string of the molecule is CCn1ncc(C2(N)CC2)c1-c1cccc(F)c1. The van der Waals surface area contributed by atoms with Gasteiger partial charge in [0.1, 0.15) is 5.82 Å². The minimum absolute atomic E-state index is 0.232. The summed E-state index contributed by atoms with van der Waals surface area (Å²) in [5.74, 6) is -0.232. The molecule has 0 aliphatic heterocycles. The molecule has 18 heavy (non-hydrogen) atoms. The molecule has 0 bridgehead atoms. The van der Waals surface area contributed by atoms with Crippen molar-refractivity contribution in [2.45, 2.75) is 31.8 Å². The Morgan fingerprint density at radius 3 is 2.83 bits per heavy atom. The van der Waals surface area contributed by atoms with Crippen molar-refractivity contribution < 1.29 is 4.39 Å². The number of halogens is 1. The van der Waals surface area contributed by atoms with Crippen LogP contribution in [0.4, 0.5) is 4.39 Å². The molecule has 1 heterocycles. The largest absolute Gasteiger partial charge is 0.321 e. The highest BCUT2D eigenvalue weighted by atomic mass is 19.1. The van der Waals surface area contributed by atoms with E-state index in [2.05, 4.69) is 5.10 Å². The van der Waals surface area contributed by atoms with E-state index in [1.54, 1.807) is 12.1 Å². The molecule has 94 valence electrons. The summed E-state index contributed by atoms with van der Waals surface area (Å²) in [5.41, 5.74) is 8.85. The van der Waals surface area contributed by atoms with Crippen molar-refractivity contribution in [3.05, 3.63) is 41.8 Å². The van der Waals surface area contributed by atoms with Gasteiger partial charge < -0.3 is 5.73 Å². The van der Waals surface area contributed by atoms with Crippen molar-refractivity contribution in [2.24, 2.45) is 5.73 Å². The number of nitrogens with zero attached hydrogens (tertiary/aromatic N) is 2. The van der Waals surface area contributed by atoms with E-state index in [0.29, 0.717) is 0 Å². The number of aromatic nitrogens is 2. The smallest absolute Gasteiger partial charge is 0.123 e. The standard InChI is InChI=1S/C14H16FN3/c1-2-18-13(10-4-3-5-11(15)8-10)12(9-17-18)14(16)6-7-14/h3-5,8-9H,2,6-7,16H2,1H3. The zero-order valence-electron chi connectivity index (χ0n) is 10.4. The molecular formula is C14H16FN3. The van der Waals surface area contributed by atoms with Crippen LogP contribution in [0, 0.1) is 5.82 Å². The Balaban J connectivity index is 2.17. The summed E-state index contributed by atoms with van der Waals surface area (Å²) >= 11 is 0. The van der Waals surface area contributed by atoms with Gasteiger partial charge in [-0.05, 0) is 31.9 Å². The minimum atomic E-state index is -0.255. The number of nitrogens with two attached hydrogens (primary N) is 1. The summed E-state index contributed by atoms with van der Waals surface area (Å²) in [4.78, 5) is 0. The molecular weight excluding hydrogens is 229 g/mol. The Morgan fingerprint density at radius 2 is 2.22 bits per heavy atom. The van der Waals surface area contributed by atoms with Crippen LogP contribution in [-0.4, -0.2) is 9.78 Å². The van der Waals surface area contributed by atoms with Crippen molar-refractivity contribution in [1.82, 2.24) is 9.78 Å². The average molecular weight is 245 g/mol. The fourth-order valence-electron chi connectivity index (χ4n) is 2.33. The molecule has 2 N–H and O–H groups in total. The number of benzene rings is 1. The second kappa shape index (κ2) is 3.92. The van der Waals surface area contributed by atoms with Crippen LogP contribution in [0.5, 0.6) is 0 Å². The summed E-state index contributed by atoms with van der Waals surface area (Å²) in [5, 5.41) is 4.36. The van der Waals surface area contributed by atoms with E-state index in [-0.39, 0.29) is 11.4 Å². The second-order valence-corrected chi connectivity index (χ2v) is 4.89. The highest BCUT2D eigenvalue weighted by Gasteiger charge is 2.43.